The van der Waals surface area contributed by atoms with Gasteiger partial charge in [0.2, 0.25) is 0 Å². The number of ketones is 2. The van der Waals surface area contributed by atoms with Crippen LogP contribution in [0.1, 0.15) is 229 Å². The monoisotopic (exact) mass is 1570 g/mol. The molecule has 5 aliphatic rings. The Morgan fingerprint density at radius 2 is 0.449 bits per heavy atom. The van der Waals surface area contributed by atoms with Gasteiger partial charge >= 0.3 is 0 Å². The number of fused-ring (bicyclic) bond motifs is 10. The zero-order chi connectivity index (χ0) is 87.9. The fourth-order valence-electron chi connectivity index (χ4n) is 10.1. The van der Waals surface area contributed by atoms with E-state index in [2.05, 4.69) is 453 Å². The molecular weight excluding hydrogens is 1430 g/mol. The van der Waals surface area contributed by atoms with E-state index in [0.717, 1.165) is 48.3 Å². The first-order valence-corrected chi connectivity index (χ1v) is 42.9. The molecular formula is C116H148O2. The van der Waals surface area contributed by atoms with Gasteiger partial charge in [-0.3, -0.25) is 9.59 Å². The van der Waals surface area contributed by atoms with E-state index in [0.29, 0.717) is 33.1 Å². The van der Waals surface area contributed by atoms with E-state index < -0.39 is 0 Å². The standard InChI is InChI=1S/C14H8O2.2C14H10.2C10H8.C9H8.C6H6.C5H6.2C5H12.6C4H10/c15-13-9-5-1-2-6-10(9)14(16)12-8-4-3-7-11(12)13;1-3-7-13-11(5-1)9-10-12-6-2-4-8-14(12)13;1-2-6-12-10-14-8-4-3-7-13(14)9-11(12)5-1;1-2-6-10-8-4-3-7-9(10)5-1;1-2-5-9-7-4-8-10(9)6-3-1;1-2-5-9-7-3-6-8(9)4-1;1-2-4-6-5-3-1;1-2-4-5-3-1;2*1-5(2,3)4;6*1-4(2)3/h1-8H;2*1-10H;2*1-8H;1-6H,7H2;1-6H;1-4H,5H2;2*1-4H3;6*4H,1-3H3. The van der Waals surface area contributed by atoms with Gasteiger partial charge in [-0.05, 0) is 147 Å². The van der Waals surface area contributed by atoms with Gasteiger partial charge < -0.3 is 0 Å². The zero-order valence-corrected chi connectivity index (χ0v) is 77.3. The van der Waals surface area contributed by atoms with Crippen molar-refractivity contribution < 1.29 is 9.59 Å². The maximum atomic E-state index is 12.1. The summed E-state index contributed by atoms with van der Waals surface area (Å²) in [5.74, 6) is 4.87. The van der Waals surface area contributed by atoms with Crippen LogP contribution in [-0.2, 0) is 6.42 Å². The molecule has 0 amide bonds. The molecule has 0 saturated carbocycles. The molecule has 0 atom stereocenters. The summed E-state index contributed by atoms with van der Waals surface area (Å²) in [4.78, 5) is 24.2. The Balaban J connectivity index is 0.000000439. The molecule has 5 aliphatic carbocycles. The van der Waals surface area contributed by atoms with E-state index in [1.54, 1.807) is 48.5 Å². The zero-order valence-electron chi connectivity index (χ0n) is 77.3. The van der Waals surface area contributed by atoms with Crippen LogP contribution >= 0.6 is 0 Å². The van der Waals surface area contributed by atoms with Crippen LogP contribution in [-0.4, -0.2) is 11.6 Å². The fourth-order valence-corrected chi connectivity index (χ4v) is 10.1. The normalized spacial score (nSPS) is 11.1. The molecule has 2 nitrogen and oxygen atoms in total. The van der Waals surface area contributed by atoms with Crippen molar-refractivity contribution in [2.24, 2.45) is 46.3 Å². The molecule has 118 heavy (non-hydrogen) atoms. The van der Waals surface area contributed by atoms with Crippen LogP contribution < -0.4 is 0 Å². The van der Waals surface area contributed by atoms with E-state index in [9.17, 15) is 9.59 Å². The third kappa shape index (κ3) is 49.3. The third-order valence-electron chi connectivity index (χ3n) is 14.4. The second-order valence-electron chi connectivity index (χ2n) is 36.4. The third-order valence-corrected chi connectivity index (χ3v) is 14.4. The highest BCUT2D eigenvalue weighted by molar-refractivity contribution is 6.28. The Kier molecular flexibility index (Phi) is 51.6. The van der Waals surface area contributed by atoms with Crippen LogP contribution in [0.5, 0.6) is 0 Å². The highest BCUT2D eigenvalue weighted by Gasteiger charge is 2.28. The highest BCUT2D eigenvalue weighted by Crippen LogP contribution is 2.29. The molecule has 12 aromatic carbocycles. The van der Waals surface area contributed by atoms with Crippen LogP contribution in [0.4, 0.5) is 0 Å². The molecule has 0 bridgehead atoms. The Bertz CT molecular complexity index is 4540. The van der Waals surface area contributed by atoms with Crippen LogP contribution in [0, 0.1) is 46.3 Å². The molecule has 0 heterocycles. The Hall–Kier alpha value is -10.8. The maximum Gasteiger partial charge on any atom is 0.194 e. The number of hydrogen-bond donors (Lipinski definition) is 0. The van der Waals surface area contributed by atoms with Crippen molar-refractivity contribution in [2.45, 2.75) is 193 Å². The van der Waals surface area contributed by atoms with Gasteiger partial charge in [-0.15, -0.1) is 0 Å². The van der Waals surface area contributed by atoms with Gasteiger partial charge in [0.15, 0.2) is 11.6 Å². The van der Waals surface area contributed by atoms with Gasteiger partial charge in [-0.25, -0.2) is 0 Å². The number of hydrogen-bond acceptors (Lipinski definition) is 2. The van der Waals surface area contributed by atoms with Crippen molar-refractivity contribution >= 4 is 71.5 Å². The first kappa shape index (κ1) is 103. The summed E-state index contributed by atoms with van der Waals surface area (Å²) in [5, 5.41) is 13.2. The van der Waals surface area contributed by atoms with Gasteiger partial charge in [0.25, 0.3) is 0 Å². The minimum absolute atomic E-state index is 0.0641. The van der Waals surface area contributed by atoms with E-state index in [4.69, 9.17) is 0 Å². The van der Waals surface area contributed by atoms with Crippen molar-refractivity contribution in [3.63, 3.8) is 0 Å². The summed E-state index contributed by atoms with van der Waals surface area (Å²) in [7, 11) is 0. The van der Waals surface area contributed by atoms with Crippen molar-refractivity contribution in [3.05, 3.63) is 391 Å². The van der Waals surface area contributed by atoms with Crippen molar-refractivity contribution in [1.82, 2.24) is 0 Å². The minimum atomic E-state index is -0.0641. The van der Waals surface area contributed by atoms with Crippen molar-refractivity contribution in [3.8, 4) is 11.1 Å². The molecule has 0 aromatic heterocycles. The Labute approximate surface area is 718 Å². The largest absolute Gasteiger partial charge is 0.289 e. The second-order valence-corrected chi connectivity index (χ2v) is 36.4. The van der Waals surface area contributed by atoms with Gasteiger partial charge in [-0.1, -0.05) is 532 Å². The molecule has 0 N–H and O–H groups in total. The SMILES string of the molecule is C1=CCC=C1.C1=Cc2ccccc2C1.CC(C)(C)C.CC(C)(C)C.CC(C)C.CC(C)C.CC(C)C.CC(C)C.CC(C)C.CC(C)C.O=C1c2ccccc2C(=O)c2ccccc21.c1ccc2c(c1)ccc1ccccc12.c1ccc2cc3ccccc3cc2c1.c1ccc2cccc-2cc1.c1ccc2ccccc2c1.c1ccccc1. The van der Waals surface area contributed by atoms with Gasteiger partial charge in [0.1, 0.15) is 0 Å². The smallest absolute Gasteiger partial charge is 0.194 e. The highest BCUT2D eigenvalue weighted by atomic mass is 16.1. The average Bonchev–Trinajstić information content (AvgIpc) is 0.925. The molecule has 0 saturated heterocycles. The van der Waals surface area contributed by atoms with Crippen molar-refractivity contribution in [1.29, 1.82) is 0 Å². The lowest BCUT2D eigenvalue weighted by atomic mass is 9.84. The van der Waals surface area contributed by atoms with E-state index in [1.807, 2.05) is 42.5 Å². The fraction of sp³-hybridized carbons (Fsp3) is 0.310. The van der Waals surface area contributed by atoms with Gasteiger partial charge in [0, 0.05) is 22.3 Å². The molecule has 0 spiro atoms. The lowest BCUT2D eigenvalue weighted by molar-refractivity contribution is 0.0979. The maximum absolute atomic E-state index is 12.1. The molecule has 0 aliphatic heterocycles. The number of benzene rings is 12. The first-order chi connectivity index (χ1) is 56.0. The van der Waals surface area contributed by atoms with Crippen LogP contribution in [0.15, 0.2) is 358 Å². The Morgan fingerprint density at radius 3 is 0.720 bits per heavy atom. The summed E-state index contributed by atoms with van der Waals surface area (Å²) in [6, 6.07) is 111. The summed E-state index contributed by atoms with van der Waals surface area (Å²) in [6.45, 7) is 56.5. The average molecular weight is 1570 g/mol. The summed E-state index contributed by atoms with van der Waals surface area (Å²) in [5.41, 5.74) is 8.49. The number of carbonyl (C=O) groups is 2. The second kappa shape index (κ2) is 59.0. The predicted octanol–water partition coefficient (Wildman–Crippen LogP) is 35.6. The van der Waals surface area contributed by atoms with Crippen LogP contribution in [0.2, 0.25) is 0 Å². The molecule has 17 rings (SSSR count). The molecule has 0 fully saturated rings. The van der Waals surface area contributed by atoms with E-state index in [1.165, 1.54) is 76.1 Å². The molecule has 12 aromatic rings. The lowest BCUT2D eigenvalue weighted by Crippen LogP contribution is -2.20. The number of rotatable bonds is 0. The van der Waals surface area contributed by atoms with Crippen molar-refractivity contribution in [2.75, 3.05) is 0 Å². The predicted molar refractivity (Wildman–Crippen MR) is 532 cm³/mol. The topological polar surface area (TPSA) is 34.1 Å². The van der Waals surface area contributed by atoms with Gasteiger partial charge in [-0.2, -0.15) is 0 Å². The van der Waals surface area contributed by atoms with Crippen LogP contribution in [0.3, 0.4) is 0 Å². The quantitative estimate of drug-likeness (QED) is 0.112. The lowest BCUT2D eigenvalue weighted by Gasteiger charge is -2.16. The van der Waals surface area contributed by atoms with Gasteiger partial charge in [0.05, 0.1) is 0 Å². The first-order valence-electron chi connectivity index (χ1n) is 42.9. The molecule has 0 radical (unpaired) electrons. The molecule has 624 valence electrons. The summed E-state index contributed by atoms with van der Waals surface area (Å²) < 4.78 is 0. The number of carbonyl (C=O) groups excluding carboxylic acids is 2. The summed E-state index contributed by atoms with van der Waals surface area (Å²) >= 11 is 0. The van der Waals surface area contributed by atoms with Crippen LogP contribution in [0.25, 0.3) is 71.1 Å². The molecule has 0 unspecified atom stereocenters. The minimum Gasteiger partial charge on any atom is -0.289 e. The number of allylic oxidation sites excluding steroid dienone is 5. The molecule has 2 heteroatoms. The summed E-state index contributed by atoms with van der Waals surface area (Å²) in [6.07, 6.45) is 15.0. The van der Waals surface area contributed by atoms with E-state index in [-0.39, 0.29) is 11.6 Å². The van der Waals surface area contributed by atoms with E-state index >= 15 is 0 Å². The Morgan fingerprint density at radius 1 is 0.229 bits per heavy atom.